The van der Waals surface area contributed by atoms with E-state index in [1.54, 1.807) is 0 Å². The van der Waals surface area contributed by atoms with Gasteiger partial charge in [0.25, 0.3) is 0 Å². The third-order valence-corrected chi connectivity index (χ3v) is 3.44. The molecule has 0 unspecified atom stereocenters. The molecule has 1 heterocycles. The summed E-state index contributed by atoms with van der Waals surface area (Å²) in [7, 11) is 1.87. The minimum atomic E-state index is 0.202. The number of nitrogens with zero attached hydrogens (tertiary/aromatic N) is 2. The lowest BCUT2D eigenvalue weighted by molar-refractivity contribution is 0.297. The Morgan fingerprint density at radius 3 is 2.88 bits per heavy atom. The summed E-state index contributed by atoms with van der Waals surface area (Å²) in [6.45, 7) is 0.908. The normalized spacial score (nSPS) is 16.1. The van der Waals surface area contributed by atoms with Crippen LogP contribution in [0.1, 0.15) is 25.7 Å². The fourth-order valence-corrected chi connectivity index (χ4v) is 2.58. The smallest absolute Gasteiger partial charge is 0.127 e. The molecule has 1 aliphatic rings. The molecule has 0 aliphatic heterocycles. The Morgan fingerprint density at radius 2 is 2.24 bits per heavy atom. The first-order chi connectivity index (χ1) is 8.35. The van der Waals surface area contributed by atoms with E-state index in [1.807, 2.05) is 25.4 Å². The van der Waals surface area contributed by atoms with Crippen LogP contribution in [0.2, 0.25) is 0 Å². The van der Waals surface area contributed by atoms with Crippen LogP contribution in [-0.2, 0) is 0 Å². The molecule has 0 spiro atoms. The fourth-order valence-electron chi connectivity index (χ4n) is 2.58. The lowest BCUT2D eigenvalue weighted by Crippen LogP contribution is -2.35. The summed E-state index contributed by atoms with van der Waals surface area (Å²) in [6, 6.07) is 4.65. The van der Waals surface area contributed by atoms with Crippen molar-refractivity contribution in [1.29, 1.82) is 0 Å². The van der Waals surface area contributed by atoms with Gasteiger partial charge >= 0.3 is 0 Å². The van der Waals surface area contributed by atoms with Gasteiger partial charge in [0.1, 0.15) is 5.82 Å². The fraction of sp³-hybridized carbons (Fsp3) is 0.615. The number of nitrogens with one attached hydrogen (secondary N) is 1. The zero-order chi connectivity index (χ0) is 12.1. The summed E-state index contributed by atoms with van der Waals surface area (Å²) >= 11 is 0. The van der Waals surface area contributed by atoms with Crippen LogP contribution in [0.25, 0.3) is 0 Å². The van der Waals surface area contributed by atoms with Gasteiger partial charge in [-0.3, -0.25) is 0 Å². The van der Waals surface area contributed by atoms with Crippen LogP contribution in [0.5, 0.6) is 0 Å². The SMILES string of the molecule is CNc1cc(N(CCO)C2CCCC2)ccn1. The molecular weight excluding hydrogens is 214 g/mol. The minimum Gasteiger partial charge on any atom is -0.395 e. The van der Waals surface area contributed by atoms with E-state index in [-0.39, 0.29) is 6.61 Å². The monoisotopic (exact) mass is 235 g/mol. The van der Waals surface area contributed by atoms with Crippen molar-refractivity contribution in [3.8, 4) is 0 Å². The van der Waals surface area contributed by atoms with Crippen molar-refractivity contribution in [2.24, 2.45) is 0 Å². The van der Waals surface area contributed by atoms with Gasteiger partial charge in [-0.15, -0.1) is 0 Å². The van der Waals surface area contributed by atoms with E-state index in [0.29, 0.717) is 12.6 Å². The molecule has 0 saturated heterocycles. The van der Waals surface area contributed by atoms with Crippen LogP contribution in [0.15, 0.2) is 18.3 Å². The zero-order valence-corrected chi connectivity index (χ0v) is 10.4. The highest BCUT2D eigenvalue weighted by Gasteiger charge is 2.22. The molecule has 0 amide bonds. The second-order valence-electron chi connectivity index (χ2n) is 4.50. The highest BCUT2D eigenvalue weighted by Crippen LogP contribution is 2.28. The molecule has 1 fully saturated rings. The first kappa shape index (κ1) is 12.2. The van der Waals surface area contributed by atoms with Crippen LogP contribution in [0.3, 0.4) is 0 Å². The van der Waals surface area contributed by atoms with Crippen LogP contribution in [0, 0.1) is 0 Å². The van der Waals surface area contributed by atoms with E-state index in [4.69, 9.17) is 0 Å². The zero-order valence-electron chi connectivity index (χ0n) is 10.4. The Morgan fingerprint density at radius 1 is 1.47 bits per heavy atom. The van der Waals surface area contributed by atoms with E-state index >= 15 is 0 Å². The van der Waals surface area contributed by atoms with Crippen LogP contribution >= 0.6 is 0 Å². The number of aliphatic hydroxyl groups excluding tert-OH is 1. The Balaban J connectivity index is 2.18. The van der Waals surface area contributed by atoms with Crippen LogP contribution in [0.4, 0.5) is 11.5 Å². The van der Waals surface area contributed by atoms with Crippen molar-refractivity contribution in [3.05, 3.63) is 18.3 Å². The van der Waals surface area contributed by atoms with Gasteiger partial charge in [0, 0.05) is 37.6 Å². The molecule has 0 atom stereocenters. The van der Waals surface area contributed by atoms with E-state index in [1.165, 1.54) is 25.7 Å². The van der Waals surface area contributed by atoms with Crippen molar-refractivity contribution in [2.45, 2.75) is 31.7 Å². The highest BCUT2D eigenvalue weighted by atomic mass is 16.3. The molecule has 0 aromatic carbocycles. The maximum absolute atomic E-state index is 9.21. The Labute approximate surface area is 103 Å². The highest BCUT2D eigenvalue weighted by molar-refractivity contribution is 5.54. The molecular formula is C13H21N3O. The molecule has 2 N–H and O–H groups in total. The van der Waals surface area contributed by atoms with Gasteiger partial charge in [0.05, 0.1) is 6.61 Å². The number of pyridine rings is 1. The lowest BCUT2D eigenvalue weighted by atomic mass is 10.2. The van der Waals surface area contributed by atoms with Gasteiger partial charge in [0.15, 0.2) is 0 Å². The number of rotatable bonds is 5. The Bertz CT molecular complexity index is 350. The summed E-state index contributed by atoms with van der Waals surface area (Å²) in [5.41, 5.74) is 1.16. The molecule has 17 heavy (non-hydrogen) atoms. The third kappa shape index (κ3) is 2.88. The van der Waals surface area contributed by atoms with Crippen molar-refractivity contribution < 1.29 is 5.11 Å². The standard InChI is InChI=1S/C13H21N3O/c1-14-13-10-12(6-7-15-13)16(8-9-17)11-4-2-3-5-11/h6-7,10-11,17H,2-5,8-9H2,1H3,(H,14,15). The molecule has 94 valence electrons. The largest absolute Gasteiger partial charge is 0.395 e. The summed E-state index contributed by atoms with van der Waals surface area (Å²) in [4.78, 5) is 6.54. The van der Waals surface area contributed by atoms with E-state index in [0.717, 1.165) is 11.5 Å². The average molecular weight is 235 g/mol. The topological polar surface area (TPSA) is 48.4 Å². The van der Waals surface area contributed by atoms with Crippen molar-refractivity contribution in [2.75, 3.05) is 30.4 Å². The van der Waals surface area contributed by atoms with Gasteiger partial charge in [-0.05, 0) is 18.9 Å². The first-order valence-electron chi connectivity index (χ1n) is 6.36. The van der Waals surface area contributed by atoms with Gasteiger partial charge in [-0.2, -0.15) is 0 Å². The number of aliphatic hydroxyl groups is 1. The predicted octanol–water partition coefficient (Wildman–Crippen LogP) is 1.86. The third-order valence-electron chi connectivity index (χ3n) is 3.44. The van der Waals surface area contributed by atoms with Gasteiger partial charge in [0.2, 0.25) is 0 Å². The van der Waals surface area contributed by atoms with Gasteiger partial charge in [-0.25, -0.2) is 4.98 Å². The molecule has 4 heteroatoms. The maximum atomic E-state index is 9.21. The number of hydrogen-bond acceptors (Lipinski definition) is 4. The summed E-state index contributed by atoms with van der Waals surface area (Å²) < 4.78 is 0. The molecule has 1 saturated carbocycles. The maximum Gasteiger partial charge on any atom is 0.127 e. The molecule has 1 aromatic rings. The number of aromatic nitrogens is 1. The van der Waals surface area contributed by atoms with Crippen molar-refractivity contribution in [1.82, 2.24) is 4.98 Å². The van der Waals surface area contributed by atoms with Crippen molar-refractivity contribution >= 4 is 11.5 Å². The molecule has 1 aromatic heterocycles. The molecule has 0 radical (unpaired) electrons. The second-order valence-corrected chi connectivity index (χ2v) is 4.50. The molecule has 4 nitrogen and oxygen atoms in total. The number of anilines is 2. The average Bonchev–Trinajstić information content (AvgIpc) is 2.89. The van der Waals surface area contributed by atoms with Crippen LogP contribution < -0.4 is 10.2 Å². The Kier molecular flexibility index (Phi) is 4.20. The van der Waals surface area contributed by atoms with Crippen LogP contribution in [-0.4, -0.2) is 36.3 Å². The summed E-state index contributed by atoms with van der Waals surface area (Å²) in [5.74, 6) is 0.878. The molecule has 1 aliphatic carbocycles. The number of hydrogen-bond donors (Lipinski definition) is 2. The quantitative estimate of drug-likeness (QED) is 0.818. The molecule has 2 rings (SSSR count). The van der Waals surface area contributed by atoms with E-state index in [9.17, 15) is 5.11 Å². The van der Waals surface area contributed by atoms with Crippen molar-refractivity contribution in [3.63, 3.8) is 0 Å². The summed E-state index contributed by atoms with van der Waals surface area (Å²) in [6.07, 6.45) is 6.89. The lowest BCUT2D eigenvalue weighted by Gasteiger charge is -2.30. The summed E-state index contributed by atoms with van der Waals surface area (Å²) in [5, 5.41) is 12.3. The minimum absolute atomic E-state index is 0.202. The first-order valence-corrected chi connectivity index (χ1v) is 6.36. The predicted molar refractivity (Wildman–Crippen MR) is 70.5 cm³/mol. The van der Waals surface area contributed by atoms with E-state index < -0.39 is 0 Å². The Hall–Kier alpha value is -1.29. The van der Waals surface area contributed by atoms with Gasteiger partial charge < -0.3 is 15.3 Å². The van der Waals surface area contributed by atoms with E-state index in [2.05, 4.69) is 15.2 Å². The molecule has 0 bridgehead atoms. The second kappa shape index (κ2) is 5.87. The van der Waals surface area contributed by atoms with Gasteiger partial charge in [-0.1, -0.05) is 12.8 Å².